The van der Waals surface area contributed by atoms with Crippen LogP contribution in [0.2, 0.25) is 10.0 Å². The third-order valence-corrected chi connectivity index (χ3v) is 5.95. The van der Waals surface area contributed by atoms with E-state index >= 15 is 0 Å². The Morgan fingerprint density at radius 3 is 2.33 bits per heavy atom. The average Bonchev–Trinajstić information content (AvgIpc) is 3.14. The molecule has 5 heteroatoms. The lowest BCUT2D eigenvalue weighted by Crippen LogP contribution is -1.98. The largest absolute Gasteiger partial charge is 0.489 e. The Balaban J connectivity index is 1.30. The summed E-state index contributed by atoms with van der Waals surface area (Å²) in [5.74, 6) is 1.20. The summed E-state index contributed by atoms with van der Waals surface area (Å²) in [7, 11) is 0. The average molecular weight is 473 g/mol. The monoisotopic (exact) mass is 472 g/mol. The van der Waals surface area contributed by atoms with Gasteiger partial charge in [0.05, 0.1) is 5.56 Å². The number of Topliss-reactive ketones (excluding diaryl/α,β-unsaturated/α-hetero) is 1. The van der Waals surface area contributed by atoms with Gasteiger partial charge in [-0.3, -0.25) is 4.79 Å². The zero-order chi connectivity index (χ0) is 22.8. The molecule has 0 bridgehead atoms. The van der Waals surface area contributed by atoms with E-state index in [1.54, 1.807) is 36.4 Å². The van der Waals surface area contributed by atoms with Crippen molar-refractivity contribution in [1.82, 2.24) is 0 Å². The van der Waals surface area contributed by atoms with Gasteiger partial charge in [-0.1, -0.05) is 83.9 Å². The quantitative estimate of drug-likeness (QED) is 0.277. The molecule has 4 aromatic carbocycles. The van der Waals surface area contributed by atoms with Crippen molar-refractivity contribution in [2.45, 2.75) is 6.61 Å². The van der Waals surface area contributed by atoms with Crippen LogP contribution in [0, 0.1) is 0 Å². The number of hydrogen-bond donors (Lipinski definition) is 0. The van der Waals surface area contributed by atoms with Crippen molar-refractivity contribution < 1.29 is 14.3 Å². The van der Waals surface area contributed by atoms with Crippen LogP contribution in [0.5, 0.6) is 11.5 Å². The Labute approximate surface area is 201 Å². The number of carbonyl (C=O) groups excluding carboxylic acids is 1. The van der Waals surface area contributed by atoms with Crippen molar-refractivity contribution in [2.24, 2.45) is 0 Å². The van der Waals surface area contributed by atoms with E-state index in [0.29, 0.717) is 27.1 Å². The first kappa shape index (κ1) is 21.3. The lowest BCUT2D eigenvalue weighted by Gasteiger charge is -2.09. The summed E-state index contributed by atoms with van der Waals surface area (Å²) in [5.41, 5.74) is 4.48. The second-order valence-corrected chi connectivity index (χ2v) is 8.45. The van der Waals surface area contributed by atoms with E-state index in [-0.39, 0.29) is 18.1 Å². The molecular weight excluding hydrogens is 455 g/mol. The van der Waals surface area contributed by atoms with E-state index in [1.807, 2.05) is 48.5 Å². The summed E-state index contributed by atoms with van der Waals surface area (Å²) >= 11 is 12.1. The van der Waals surface area contributed by atoms with Crippen LogP contribution in [0.25, 0.3) is 17.2 Å². The lowest BCUT2D eigenvalue weighted by molar-refractivity contribution is 0.101. The number of fused-ring (bicyclic) bond motifs is 1. The van der Waals surface area contributed by atoms with E-state index in [4.69, 9.17) is 32.7 Å². The molecule has 0 amide bonds. The maximum absolute atomic E-state index is 12.8. The predicted molar refractivity (Wildman–Crippen MR) is 132 cm³/mol. The number of hydrogen-bond acceptors (Lipinski definition) is 3. The molecule has 5 rings (SSSR count). The summed E-state index contributed by atoms with van der Waals surface area (Å²) in [4.78, 5) is 12.8. The molecule has 0 fully saturated rings. The van der Waals surface area contributed by atoms with Gasteiger partial charge in [0.1, 0.15) is 18.1 Å². The molecule has 1 heterocycles. The number of benzene rings is 4. The molecule has 33 heavy (non-hydrogen) atoms. The van der Waals surface area contributed by atoms with Crippen LogP contribution in [0.4, 0.5) is 0 Å². The summed E-state index contributed by atoms with van der Waals surface area (Å²) in [6.07, 6.45) is 1.76. The Morgan fingerprint density at radius 1 is 0.818 bits per heavy atom. The second-order valence-electron chi connectivity index (χ2n) is 7.61. The number of carbonyl (C=O) groups is 1. The van der Waals surface area contributed by atoms with Crippen molar-refractivity contribution in [3.8, 4) is 22.6 Å². The fraction of sp³-hybridized carbons (Fsp3) is 0.0357. The number of ketones is 1. The van der Waals surface area contributed by atoms with Crippen molar-refractivity contribution >= 4 is 35.1 Å². The molecule has 162 valence electrons. The van der Waals surface area contributed by atoms with Crippen LogP contribution < -0.4 is 9.47 Å². The lowest BCUT2D eigenvalue weighted by atomic mass is 10.0. The van der Waals surface area contributed by atoms with E-state index in [9.17, 15) is 4.79 Å². The fourth-order valence-electron chi connectivity index (χ4n) is 3.61. The minimum atomic E-state index is -0.149. The highest BCUT2D eigenvalue weighted by Gasteiger charge is 2.27. The van der Waals surface area contributed by atoms with Crippen LogP contribution in [0.3, 0.4) is 0 Å². The van der Waals surface area contributed by atoms with Gasteiger partial charge in [0.2, 0.25) is 5.78 Å². The molecule has 1 aliphatic heterocycles. The zero-order valence-electron chi connectivity index (χ0n) is 17.4. The smallest absolute Gasteiger partial charge is 0.231 e. The van der Waals surface area contributed by atoms with Crippen LogP contribution in [-0.2, 0) is 6.61 Å². The van der Waals surface area contributed by atoms with Crippen LogP contribution in [0.1, 0.15) is 21.5 Å². The van der Waals surface area contributed by atoms with Crippen LogP contribution >= 0.6 is 23.2 Å². The molecule has 0 N–H and O–H groups in total. The Bertz CT molecular complexity index is 1360. The van der Waals surface area contributed by atoms with Crippen molar-refractivity contribution in [1.29, 1.82) is 0 Å². The Kier molecular flexibility index (Phi) is 5.91. The Morgan fingerprint density at radius 2 is 1.58 bits per heavy atom. The summed E-state index contributed by atoms with van der Waals surface area (Å²) in [6.45, 7) is 0.277. The molecule has 3 nitrogen and oxygen atoms in total. The van der Waals surface area contributed by atoms with E-state index in [1.165, 1.54) is 0 Å². The topological polar surface area (TPSA) is 35.5 Å². The van der Waals surface area contributed by atoms with Gasteiger partial charge in [0.25, 0.3) is 0 Å². The summed E-state index contributed by atoms with van der Waals surface area (Å²) in [6, 6.07) is 28.6. The fourth-order valence-corrected chi connectivity index (χ4v) is 4.07. The van der Waals surface area contributed by atoms with Crippen molar-refractivity contribution in [2.75, 3.05) is 0 Å². The maximum atomic E-state index is 12.8. The van der Waals surface area contributed by atoms with Gasteiger partial charge in [-0.25, -0.2) is 0 Å². The minimum absolute atomic E-state index is 0.149. The number of ether oxygens (including phenoxy) is 2. The summed E-state index contributed by atoms with van der Waals surface area (Å²) < 4.78 is 11.7. The van der Waals surface area contributed by atoms with Gasteiger partial charge in [0, 0.05) is 21.7 Å². The Hall–Kier alpha value is -3.53. The van der Waals surface area contributed by atoms with Gasteiger partial charge in [0.15, 0.2) is 5.76 Å². The molecule has 1 aliphatic rings. The zero-order valence-corrected chi connectivity index (χ0v) is 18.9. The SMILES string of the molecule is O=C1C(=Cc2ccc(-c3ccccc3)cc2)Oc2cc(OCc3ccc(Cl)cc3Cl)ccc21. The number of allylic oxidation sites excluding steroid dienone is 1. The van der Waals surface area contributed by atoms with Crippen molar-refractivity contribution in [3.63, 3.8) is 0 Å². The molecular formula is C28H18Cl2O3. The molecule has 0 saturated carbocycles. The molecule has 0 spiro atoms. The molecule has 0 unspecified atom stereocenters. The van der Waals surface area contributed by atoms with E-state index in [2.05, 4.69) is 12.1 Å². The highest BCUT2D eigenvalue weighted by atomic mass is 35.5. The number of halogens is 2. The maximum Gasteiger partial charge on any atom is 0.231 e. The van der Waals surface area contributed by atoms with Crippen molar-refractivity contribution in [3.05, 3.63) is 123 Å². The molecule has 4 aromatic rings. The van der Waals surface area contributed by atoms with E-state index in [0.717, 1.165) is 22.3 Å². The normalized spacial score (nSPS) is 13.6. The molecule has 0 saturated heterocycles. The molecule has 0 aromatic heterocycles. The summed E-state index contributed by atoms with van der Waals surface area (Å²) in [5, 5.41) is 1.11. The van der Waals surface area contributed by atoms with E-state index < -0.39 is 0 Å². The first-order valence-corrected chi connectivity index (χ1v) is 11.1. The van der Waals surface area contributed by atoms with Crippen LogP contribution in [-0.4, -0.2) is 5.78 Å². The minimum Gasteiger partial charge on any atom is -0.489 e. The third kappa shape index (κ3) is 4.65. The van der Waals surface area contributed by atoms with Gasteiger partial charge in [-0.15, -0.1) is 0 Å². The number of rotatable bonds is 5. The highest BCUT2D eigenvalue weighted by molar-refractivity contribution is 6.35. The van der Waals surface area contributed by atoms with Gasteiger partial charge < -0.3 is 9.47 Å². The van der Waals surface area contributed by atoms with Gasteiger partial charge in [-0.05, 0) is 47.0 Å². The first-order valence-electron chi connectivity index (χ1n) is 10.4. The standard InChI is InChI=1S/C28H18Cl2O3/c29-22-11-10-21(25(30)15-22)17-32-23-12-13-24-26(16-23)33-27(28(24)31)14-18-6-8-20(9-7-18)19-4-2-1-3-5-19/h1-16H,17H2. The second kappa shape index (κ2) is 9.14. The first-order chi connectivity index (χ1) is 16.1. The molecule has 0 radical (unpaired) electrons. The van der Waals surface area contributed by atoms with Gasteiger partial charge >= 0.3 is 0 Å². The van der Waals surface area contributed by atoms with Gasteiger partial charge in [-0.2, -0.15) is 0 Å². The van der Waals surface area contributed by atoms with Crippen LogP contribution in [0.15, 0.2) is 96.8 Å². The predicted octanol–water partition coefficient (Wildman–Crippen LogP) is 7.86. The molecule has 0 atom stereocenters. The third-order valence-electron chi connectivity index (χ3n) is 5.37. The highest BCUT2D eigenvalue weighted by Crippen LogP contribution is 2.35. The molecule has 0 aliphatic carbocycles.